The fourth-order valence-corrected chi connectivity index (χ4v) is 3.91. The molecule has 3 rings (SSSR count). The topological polar surface area (TPSA) is 84.9 Å². The summed E-state index contributed by atoms with van der Waals surface area (Å²) in [6, 6.07) is 8.79. The molecule has 2 aliphatic heterocycles. The van der Waals surface area contributed by atoms with Gasteiger partial charge in [0, 0.05) is 6.54 Å². The van der Waals surface area contributed by atoms with Gasteiger partial charge in [-0.3, -0.25) is 4.79 Å². The van der Waals surface area contributed by atoms with Gasteiger partial charge in [-0.1, -0.05) is 30.3 Å². The number of nitrogens with one attached hydrogen (secondary N) is 1. The smallest absolute Gasteiger partial charge is 0.408 e. The molecule has 0 aromatic heterocycles. The van der Waals surface area contributed by atoms with E-state index in [0.717, 1.165) is 12.0 Å². The molecule has 0 spiro atoms. The molecular weight excluding hydrogens is 360 g/mol. The molecule has 152 valence electrons. The van der Waals surface area contributed by atoms with E-state index in [-0.39, 0.29) is 18.5 Å². The molecule has 2 amide bonds. The van der Waals surface area contributed by atoms with Crippen LogP contribution in [0.25, 0.3) is 0 Å². The summed E-state index contributed by atoms with van der Waals surface area (Å²) in [7, 11) is 0. The molecule has 1 N–H and O–H groups in total. The van der Waals surface area contributed by atoms with E-state index in [0.29, 0.717) is 25.8 Å². The first-order chi connectivity index (χ1) is 13.2. The van der Waals surface area contributed by atoms with Gasteiger partial charge in [-0.05, 0) is 52.0 Å². The van der Waals surface area contributed by atoms with Crippen molar-refractivity contribution in [3.05, 3.63) is 35.9 Å². The number of carbonyl (C=O) groups excluding carboxylic acids is 3. The molecule has 2 atom stereocenters. The number of piperidine rings is 1. The van der Waals surface area contributed by atoms with Crippen molar-refractivity contribution in [1.29, 1.82) is 0 Å². The van der Waals surface area contributed by atoms with E-state index in [1.165, 1.54) is 0 Å². The van der Waals surface area contributed by atoms with Crippen molar-refractivity contribution >= 4 is 18.0 Å². The summed E-state index contributed by atoms with van der Waals surface area (Å²) < 4.78 is 10.8. The minimum absolute atomic E-state index is 0.184. The highest BCUT2D eigenvalue weighted by Crippen LogP contribution is 2.39. The second-order valence-electron chi connectivity index (χ2n) is 8.42. The lowest BCUT2D eigenvalue weighted by Gasteiger charge is -2.42. The molecule has 0 aliphatic carbocycles. The Hall–Kier alpha value is -2.57. The van der Waals surface area contributed by atoms with E-state index in [1.807, 2.05) is 30.3 Å². The van der Waals surface area contributed by atoms with Crippen LogP contribution in [0.3, 0.4) is 0 Å². The van der Waals surface area contributed by atoms with Crippen LogP contribution in [-0.2, 0) is 25.7 Å². The van der Waals surface area contributed by atoms with E-state index in [9.17, 15) is 14.4 Å². The summed E-state index contributed by atoms with van der Waals surface area (Å²) in [6.07, 6.45) is 1.56. The largest absolute Gasteiger partial charge is 0.459 e. The maximum Gasteiger partial charge on any atom is 0.408 e. The first-order valence-corrected chi connectivity index (χ1v) is 9.73. The van der Waals surface area contributed by atoms with Crippen LogP contribution in [0.15, 0.2) is 30.3 Å². The Kier molecular flexibility index (Phi) is 5.63. The molecule has 7 nitrogen and oxygen atoms in total. The summed E-state index contributed by atoms with van der Waals surface area (Å²) in [5.41, 5.74) is -0.651. The highest BCUT2D eigenvalue weighted by Gasteiger charge is 2.55. The van der Waals surface area contributed by atoms with E-state index >= 15 is 0 Å². The van der Waals surface area contributed by atoms with Gasteiger partial charge in [0.2, 0.25) is 5.91 Å². The van der Waals surface area contributed by atoms with Crippen LogP contribution in [0.1, 0.15) is 52.0 Å². The quantitative estimate of drug-likeness (QED) is 0.802. The van der Waals surface area contributed by atoms with Crippen molar-refractivity contribution in [3.8, 4) is 0 Å². The number of rotatable bonds is 4. The van der Waals surface area contributed by atoms with Gasteiger partial charge >= 0.3 is 12.1 Å². The standard InChI is InChI=1S/C21H28N2O5/c1-20(2,3)28-19(26)22-16-10-12-21(11-7-13-23(21)17(16)24)18(25)27-14-15-8-5-4-6-9-15/h4-6,8-9,16H,7,10-14H2,1-3H3,(H,22,26)/t16-,21-/m1/s1. The van der Waals surface area contributed by atoms with Gasteiger partial charge in [-0.15, -0.1) is 0 Å². The van der Waals surface area contributed by atoms with Crippen molar-refractivity contribution in [2.24, 2.45) is 0 Å². The number of benzene rings is 1. The molecule has 0 radical (unpaired) electrons. The van der Waals surface area contributed by atoms with Crippen LogP contribution in [0.2, 0.25) is 0 Å². The number of alkyl carbamates (subject to hydrolysis) is 1. The number of hydrogen-bond acceptors (Lipinski definition) is 5. The molecule has 2 saturated heterocycles. The van der Waals surface area contributed by atoms with E-state index < -0.39 is 23.3 Å². The molecule has 7 heteroatoms. The van der Waals surface area contributed by atoms with E-state index in [4.69, 9.17) is 9.47 Å². The monoisotopic (exact) mass is 388 g/mol. The average molecular weight is 388 g/mol. The van der Waals surface area contributed by atoms with E-state index in [2.05, 4.69) is 5.32 Å². The van der Waals surface area contributed by atoms with Gasteiger partial charge in [0.05, 0.1) is 0 Å². The van der Waals surface area contributed by atoms with Crippen LogP contribution in [0.4, 0.5) is 4.79 Å². The zero-order valence-corrected chi connectivity index (χ0v) is 16.7. The second-order valence-corrected chi connectivity index (χ2v) is 8.42. The molecule has 2 heterocycles. The molecule has 0 unspecified atom stereocenters. The van der Waals surface area contributed by atoms with Gasteiger partial charge in [-0.25, -0.2) is 9.59 Å². The lowest BCUT2D eigenvalue weighted by Crippen LogP contribution is -2.63. The Bertz CT molecular complexity index is 743. The molecular formula is C21H28N2O5. The average Bonchev–Trinajstić information content (AvgIpc) is 3.08. The normalized spacial score (nSPS) is 24.5. The zero-order chi connectivity index (χ0) is 20.4. The maximum absolute atomic E-state index is 12.9. The number of fused-ring (bicyclic) bond motifs is 1. The number of nitrogens with zero attached hydrogens (tertiary/aromatic N) is 1. The molecule has 1 aromatic carbocycles. The zero-order valence-electron chi connectivity index (χ0n) is 16.7. The SMILES string of the molecule is CC(C)(C)OC(=O)N[C@@H]1CC[C@@]2(C(=O)OCc3ccccc3)CCCN2C1=O. The van der Waals surface area contributed by atoms with Gasteiger partial charge in [0.15, 0.2) is 0 Å². The molecule has 0 saturated carbocycles. The van der Waals surface area contributed by atoms with Gasteiger partial charge < -0.3 is 19.7 Å². The first-order valence-electron chi connectivity index (χ1n) is 9.73. The molecule has 0 bridgehead atoms. The third-order valence-corrected chi connectivity index (χ3v) is 5.18. The van der Waals surface area contributed by atoms with E-state index in [1.54, 1.807) is 25.7 Å². The summed E-state index contributed by atoms with van der Waals surface area (Å²) in [5.74, 6) is -0.607. The van der Waals surface area contributed by atoms with Crippen molar-refractivity contribution in [2.45, 2.75) is 70.2 Å². The van der Waals surface area contributed by atoms with Crippen LogP contribution >= 0.6 is 0 Å². The molecule has 2 fully saturated rings. The molecule has 2 aliphatic rings. The fourth-order valence-electron chi connectivity index (χ4n) is 3.91. The number of hydrogen-bond donors (Lipinski definition) is 1. The van der Waals surface area contributed by atoms with Crippen molar-refractivity contribution in [2.75, 3.05) is 6.54 Å². The van der Waals surface area contributed by atoms with Crippen molar-refractivity contribution in [1.82, 2.24) is 10.2 Å². The van der Waals surface area contributed by atoms with Gasteiger partial charge in [-0.2, -0.15) is 0 Å². The third-order valence-electron chi connectivity index (χ3n) is 5.18. The Morgan fingerprint density at radius 3 is 2.61 bits per heavy atom. The number of carbonyl (C=O) groups is 3. The summed E-state index contributed by atoms with van der Waals surface area (Å²) in [6.45, 7) is 5.98. The number of esters is 1. The Balaban J connectivity index is 1.64. The fraction of sp³-hybridized carbons (Fsp3) is 0.571. The highest BCUT2D eigenvalue weighted by atomic mass is 16.6. The predicted octanol–water partition coefficient (Wildman–Crippen LogP) is 2.78. The Morgan fingerprint density at radius 1 is 1.21 bits per heavy atom. The van der Waals surface area contributed by atoms with Gasteiger partial charge in [0.25, 0.3) is 0 Å². The lowest BCUT2D eigenvalue weighted by molar-refractivity contribution is -0.167. The Morgan fingerprint density at radius 2 is 1.93 bits per heavy atom. The molecule has 1 aromatic rings. The molecule has 28 heavy (non-hydrogen) atoms. The Labute approximate surface area is 165 Å². The first kappa shape index (κ1) is 20.2. The minimum atomic E-state index is -0.919. The highest BCUT2D eigenvalue weighted by molar-refractivity contribution is 5.94. The van der Waals surface area contributed by atoms with Crippen LogP contribution < -0.4 is 5.32 Å². The lowest BCUT2D eigenvalue weighted by atomic mass is 9.84. The van der Waals surface area contributed by atoms with Crippen molar-refractivity contribution < 1.29 is 23.9 Å². The van der Waals surface area contributed by atoms with Crippen molar-refractivity contribution in [3.63, 3.8) is 0 Å². The summed E-state index contributed by atoms with van der Waals surface area (Å²) in [5, 5.41) is 2.65. The minimum Gasteiger partial charge on any atom is -0.459 e. The predicted molar refractivity (Wildman–Crippen MR) is 102 cm³/mol. The van der Waals surface area contributed by atoms with Crippen LogP contribution in [-0.4, -0.2) is 46.6 Å². The maximum atomic E-state index is 12.9. The third kappa shape index (κ3) is 4.29. The number of amides is 2. The van der Waals surface area contributed by atoms with Crippen LogP contribution in [0.5, 0.6) is 0 Å². The number of ether oxygens (including phenoxy) is 2. The second kappa shape index (κ2) is 7.81. The van der Waals surface area contributed by atoms with Gasteiger partial charge in [0.1, 0.15) is 23.8 Å². The summed E-state index contributed by atoms with van der Waals surface area (Å²) >= 11 is 0. The summed E-state index contributed by atoms with van der Waals surface area (Å²) in [4.78, 5) is 39.5. The van der Waals surface area contributed by atoms with Crippen LogP contribution in [0, 0.1) is 0 Å².